The van der Waals surface area contributed by atoms with E-state index in [0.717, 1.165) is 46.9 Å². The van der Waals surface area contributed by atoms with Crippen molar-refractivity contribution in [1.29, 1.82) is 0 Å². The number of aliphatic hydroxyl groups is 1. The first-order valence-electron chi connectivity index (χ1n) is 6.59. The molecule has 6 heteroatoms. The van der Waals surface area contributed by atoms with Crippen molar-refractivity contribution in [3.8, 4) is 0 Å². The maximum Gasteiger partial charge on any atom is 0.0918 e. The molecule has 1 aliphatic heterocycles. The van der Waals surface area contributed by atoms with Crippen LogP contribution in [-0.4, -0.2) is 28.5 Å². The Kier molecular flexibility index (Phi) is 5.51. The number of aliphatic hydroxyl groups excluding tert-OH is 1. The van der Waals surface area contributed by atoms with E-state index in [1.54, 1.807) is 0 Å². The zero-order chi connectivity index (χ0) is 13.4. The molecule has 0 saturated heterocycles. The molecule has 1 N–H and O–H groups in total. The van der Waals surface area contributed by atoms with Crippen LogP contribution in [0.3, 0.4) is 0 Å². The van der Waals surface area contributed by atoms with Gasteiger partial charge in [0.2, 0.25) is 0 Å². The van der Waals surface area contributed by atoms with Gasteiger partial charge in [0, 0.05) is 21.5 Å². The molecule has 0 unspecified atom stereocenters. The van der Waals surface area contributed by atoms with E-state index < -0.39 is 0 Å². The first-order valence-corrected chi connectivity index (χ1v) is 8.18. The fourth-order valence-corrected chi connectivity index (χ4v) is 4.28. The number of hydrogen-bond donors (Lipinski definition) is 1. The molecule has 0 atom stereocenters. The average Bonchev–Trinajstić information content (AvgIpc) is 2.38. The number of halogens is 3. The van der Waals surface area contributed by atoms with E-state index in [9.17, 15) is 5.11 Å². The van der Waals surface area contributed by atoms with Gasteiger partial charge in [-0.05, 0) is 59.3 Å². The Morgan fingerprint density at radius 1 is 1.15 bits per heavy atom. The molecule has 0 spiro atoms. The Morgan fingerprint density at radius 2 is 1.85 bits per heavy atom. The van der Waals surface area contributed by atoms with Crippen LogP contribution in [0.5, 0.6) is 0 Å². The molecule has 2 aliphatic rings. The predicted octanol–water partition coefficient (Wildman–Crippen LogP) is 4.41. The third-order valence-corrected chi connectivity index (χ3v) is 4.99. The first-order chi connectivity index (χ1) is 9.13. The van der Waals surface area contributed by atoms with Crippen LogP contribution in [0.1, 0.15) is 31.2 Å². The summed E-state index contributed by atoms with van der Waals surface area (Å²) in [4.78, 5) is 6.89. The third-order valence-electron chi connectivity index (χ3n) is 3.93. The molecule has 1 aliphatic carbocycles. The van der Waals surface area contributed by atoms with Crippen LogP contribution in [0.25, 0.3) is 0 Å². The first kappa shape index (κ1) is 16.3. The van der Waals surface area contributed by atoms with Crippen molar-refractivity contribution >= 4 is 56.3 Å². The van der Waals surface area contributed by atoms with Crippen molar-refractivity contribution in [1.82, 2.24) is 4.90 Å². The van der Waals surface area contributed by atoms with Crippen LogP contribution in [-0.2, 0) is 6.54 Å². The molecule has 0 radical (unpaired) electrons. The van der Waals surface area contributed by atoms with Gasteiger partial charge in [0.1, 0.15) is 0 Å². The van der Waals surface area contributed by atoms with Crippen molar-refractivity contribution in [2.45, 2.75) is 44.4 Å². The summed E-state index contributed by atoms with van der Waals surface area (Å²) in [5, 5.41) is 9.59. The van der Waals surface area contributed by atoms with Gasteiger partial charge in [-0.3, -0.25) is 0 Å². The van der Waals surface area contributed by atoms with E-state index in [1.807, 2.05) is 12.4 Å². The van der Waals surface area contributed by atoms with Gasteiger partial charge in [0.25, 0.3) is 0 Å². The highest BCUT2D eigenvalue weighted by Gasteiger charge is 2.26. The third kappa shape index (κ3) is 3.38. The normalized spacial score (nSPS) is 25.1. The number of aliphatic imine (C=N–C) groups is 1. The standard InChI is InChI=1S/C14H16Br2N2O.ClH/c15-10-5-9-7-18(8-17-14(9)13(16)6-10)11-1-3-12(19)4-2-11;/h5-6,8,11-12,19H,1-4,7H2;1H. The Morgan fingerprint density at radius 3 is 2.55 bits per heavy atom. The van der Waals surface area contributed by atoms with Crippen LogP contribution in [0, 0.1) is 0 Å². The lowest BCUT2D eigenvalue weighted by atomic mass is 9.91. The van der Waals surface area contributed by atoms with Gasteiger partial charge in [0.15, 0.2) is 0 Å². The van der Waals surface area contributed by atoms with Crippen molar-refractivity contribution in [3.05, 3.63) is 26.6 Å². The Bertz CT molecular complexity index is 516. The Labute approximate surface area is 142 Å². The molecule has 0 bridgehead atoms. The van der Waals surface area contributed by atoms with Crippen molar-refractivity contribution in [3.63, 3.8) is 0 Å². The van der Waals surface area contributed by atoms with Gasteiger partial charge in [-0.25, -0.2) is 4.99 Å². The van der Waals surface area contributed by atoms with Gasteiger partial charge < -0.3 is 10.0 Å². The quantitative estimate of drug-likeness (QED) is 0.725. The van der Waals surface area contributed by atoms with Crippen LogP contribution in [0.2, 0.25) is 0 Å². The minimum absolute atomic E-state index is 0. The molecule has 3 rings (SSSR count). The summed E-state index contributed by atoms with van der Waals surface area (Å²) >= 11 is 7.09. The largest absolute Gasteiger partial charge is 0.393 e. The van der Waals surface area contributed by atoms with Gasteiger partial charge in [-0.2, -0.15) is 0 Å². The predicted molar refractivity (Wildman–Crippen MR) is 91.0 cm³/mol. The molecule has 20 heavy (non-hydrogen) atoms. The van der Waals surface area contributed by atoms with Gasteiger partial charge in [-0.15, -0.1) is 12.4 Å². The molecule has 0 amide bonds. The van der Waals surface area contributed by atoms with Crippen molar-refractivity contribution in [2.75, 3.05) is 0 Å². The lowest BCUT2D eigenvalue weighted by Crippen LogP contribution is -2.38. The van der Waals surface area contributed by atoms with Crippen LogP contribution < -0.4 is 0 Å². The molecular formula is C14H17Br2ClN2O. The van der Waals surface area contributed by atoms with Crippen molar-refractivity contribution in [2.24, 2.45) is 4.99 Å². The van der Waals surface area contributed by atoms with Crippen molar-refractivity contribution < 1.29 is 5.11 Å². The number of benzene rings is 1. The van der Waals surface area contributed by atoms with Crippen LogP contribution in [0.4, 0.5) is 5.69 Å². The van der Waals surface area contributed by atoms with E-state index in [2.05, 4.69) is 47.8 Å². The Hall–Kier alpha value is -0.100. The summed E-state index contributed by atoms with van der Waals surface area (Å²) < 4.78 is 2.11. The maximum atomic E-state index is 9.59. The summed E-state index contributed by atoms with van der Waals surface area (Å²) in [6.07, 6.45) is 5.78. The molecule has 1 heterocycles. The van der Waals surface area contributed by atoms with Gasteiger partial charge in [0.05, 0.1) is 18.1 Å². The highest BCUT2D eigenvalue weighted by Crippen LogP contribution is 2.37. The number of hydrogen-bond acceptors (Lipinski definition) is 3. The minimum atomic E-state index is -0.103. The second-order valence-electron chi connectivity index (χ2n) is 5.27. The summed E-state index contributed by atoms with van der Waals surface area (Å²) in [5.41, 5.74) is 2.28. The summed E-state index contributed by atoms with van der Waals surface area (Å²) in [6, 6.07) is 4.68. The van der Waals surface area contributed by atoms with E-state index in [4.69, 9.17) is 0 Å². The maximum absolute atomic E-state index is 9.59. The zero-order valence-electron chi connectivity index (χ0n) is 10.9. The van der Waals surface area contributed by atoms with Crippen LogP contribution in [0.15, 0.2) is 26.1 Å². The lowest BCUT2D eigenvalue weighted by molar-refractivity contribution is 0.0961. The minimum Gasteiger partial charge on any atom is -0.393 e. The van der Waals surface area contributed by atoms with Gasteiger partial charge >= 0.3 is 0 Å². The van der Waals surface area contributed by atoms with E-state index in [1.165, 1.54) is 5.56 Å². The van der Waals surface area contributed by atoms with E-state index in [0.29, 0.717) is 6.04 Å². The molecule has 1 aromatic carbocycles. The van der Waals surface area contributed by atoms with Crippen LogP contribution >= 0.6 is 44.3 Å². The molecule has 1 fully saturated rings. The second-order valence-corrected chi connectivity index (χ2v) is 7.04. The smallest absolute Gasteiger partial charge is 0.0918 e. The molecule has 1 aromatic rings. The molecule has 0 aromatic heterocycles. The SMILES string of the molecule is Cl.OC1CCC(N2C=Nc3c(Br)cc(Br)cc3C2)CC1. The monoisotopic (exact) mass is 422 g/mol. The molecule has 110 valence electrons. The molecular weight excluding hydrogens is 407 g/mol. The second kappa shape index (κ2) is 6.77. The highest BCUT2D eigenvalue weighted by molar-refractivity contribution is 9.11. The highest BCUT2D eigenvalue weighted by atomic mass is 79.9. The van der Waals surface area contributed by atoms with E-state index in [-0.39, 0.29) is 18.5 Å². The number of fused-ring (bicyclic) bond motifs is 1. The number of rotatable bonds is 1. The zero-order valence-corrected chi connectivity index (χ0v) is 14.9. The molecule has 1 saturated carbocycles. The summed E-state index contributed by atoms with van der Waals surface area (Å²) in [5.74, 6) is 0. The fourth-order valence-electron chi connectivity index (χ4n) is 2.87. The summed E-state index contributed by atoms with van der Waals surface area (Å²) in [7, 11) is 0. The molecule has 3 nitrogen and oxygen atoms in total. The number of nitrogens with zero attached hydrogens (tertiary/aromatic N) is 2. The van der Waals surface area contributed by atoms with E-state index >= 15 is 0 Å². The Balaban J connectivity index is 0.00000147. The topological polar surface area (TPSA) is 35.8 Å². The lowest BCUT2D eigenvalue weighted by Gasteiger charge is -2.36. The van der Waals surface area contributed by atoms with Gasteiger partial charge in [-0.1, -0.05) is 15.9 Å². The summed E-state index contributed by atoms with van der Waals surface area (Å²) in [6.45, 7) is 0.900. The average molecular weight is 425 g/mol. The fraction of sp³-hybridized carbons (Fsp3) is 0.500.